The summed E-state index contributed by atoms with van der Waals surface area (Å²) >= 11 is 0. The smallest absolute Gasteiger partial charge is 0.243 e. The summed E-state index contributed by atoms with van der Waals surface area (Å²) in [6.07, 6.45) is 3.00. The van der Waals surface area contributed by atoms with E-state index >= 15 is 0 Å². The molecule has 1 aromatic carbocycles. The molecule has 1 heterocycles. The van der Waals surface area contributed by atoms with E-state index < -0.39 is 0 Å². The molecule has 1 aliphatic rings. The van der Waals surface area contributed by atoms with Gasteiger partial charge in [-0.2, -0.15) is 0 Å². The van der Waals surface area contributed by atoms with Crippen LogP contribution in [-0.4, -0.2) is 30.9 Å². The van der Waals surface area contributed by atoms with Crippen LogP contribution in [-0.2, 0) is 9.59 Å². The molecular weight excluding hydrogens is 266 g/mol. The van der Waals surface area contributed by atoms with Crippen molar-refractivity contribution in [2.45, 2.75) is 39.2 Å². The van der Waals surface area contributed by atoms with E-state index in [2.05, 4.69) is 16.0 Å². The molecule has 0 bridgehead atoms. The molecule has 2 amide bonds. The Balaban J connectivity index is 1.83. The molecule has 5 heteroatoms. The average molecular weight is 289 g/mol. The number of aryl methyl sites for hydroxylation is 2. The van der Waals surface area contributed by atoms with Crippen molar-refractivity contribution >= 4 is 17.5 Å². The minimum Gasteiger partial charge on any atom is -0.346 e. The Labute approximate surface area is 125 Å². The fourth-order valence-corrected chi connectivity index (χ4v) is 2.56. The van der Waals surface area contributed by atoms with E-state index in [1.54, 1.807) is 0 Å². The first-order valence-electron chi connectivity index (χ1n) is 7.45. The Morgan fingerprint density at radius 1 is 1.24 bits per heavy atom. The molecule has 0 radical (unpaired) electrons. The third-order valence-electron chi connectivity index (χ3n) is 3.80. The molecule has 2 rings (SSSR count). The van der Waals surface area contributed by atoms with Gasteiger partial charge < -0.3 is 16.0 Å². The molecule has 1 atom stereocenters. The topological polar surface area (TPSA) is 70.2 Å². The van der Waals surface area contributed by atoms with Gasteiger partial charge in [0.05, 0.1) is 12.6 Å². The van der Waals surface area contributed by atoms with Crippen LogP contribution in [0, 0.1) is 13.8 Å². The molecule has 0 aromatic heterocycles. The van der Waals surface area contributed by atoms with Gasteiger partial charge in [-0.25, -0.2) is 0 Å². The lowest BCUT2D eigenvalue weighted by Crippen LogP contribution is -2.48. The van der Waals surface area contributed by atoms with Gasteiger partial charge in [-0.3, -0.25) is 9.59 Å². The number of anilines is 1. The Bertz CT molecular complexity index is 502. The second-order valence-electron chi connectivity index (χ2n) is 5.54. The van der Waals surface area contributed by atoms with Gasteiger partial charge in [0.2, 0.25) is 11.8 Å². The van der Waals surface area contributed by atoms with Gasteiger partial charge >= 0.3 is 0 Å². The zero-order chi connectivity index (χ0) is 15.2. The van der Waals surface area contributed by atoms with Crippen LogP contribution in [0.4, 0.5) is 5.69 Å². The summed E-state index contributed by atoms with van der Waals surface area (Å²) in [7, 11) is 0. The summed E-state index contributed by atoms with van der Waals surface area (Å²) < 4.78 is 0. The van der Waals surface area contributed by atoms with E-state index in [0.717, 1.165) is 42.6 Å². The molecule has 5 nitrogen and oxygen atoms in total. The highest BCUT2D eigenvalue weighted by Gasteiger charge is 2.20. The van der Waals surface area contributed by atoms with Crippen molar-refractivity contribution in [2.75, 3.05) is 18.4 Å². The minimum atomic E-state index is -0.198. The third-order valence-corrected chi connectivity index (χ3v) is 3.80. The Morgan fingerprint density at radius 3 is 2.57 bits per heavy atom. The van der Waals surface area contributed by atoms with Crippen LogP contribution in [0.25, 0.3) is 0 Å². The maximum atomic E-state index is 12.0. The zero-order valence-electron chi connectivity index (χ0n) is 12.7. The molecule has 1 aliphatic heterocycles. The van der Waals surface area contributed by atoms with Crippen molar-refractivity contribution in [3.8, 4) is 0 Å². The highest BCUT2D eigenvalue weighted by Crippen LogP contribution is 2.19. The summed E-state index contributed by atoms with van der Waals surface area (Å²) in [6.45, 7) is 4.78. The quantitative estimate of drug-likeness (QED) is 0.786. The monoisotopic (exact) mass is 289 g/mol. The Kier molecular flexibility index (Phi) is 5.33. The van der Waals surface area contributed by atoms with Crippen molar-refractivity contribution in [1.29, 1.82) is 0 Å². The van der Waals surface area contributed by atoms with E-state index in [1.807, 2.05) is 32.0 Å². The summed E-state index contributed by atoms with van der Waals surface area (Å²) in [4.78, 5) is 23.9. The lowest BCUT2D eigenvalue weighted by Gasteiger charge is -2.22. The zero-order valence-corrected chi connectivity index (χ0v) is 12.7. The molecule has 114 valence electrons. The Hall–Kier alpha value is -1.88. The van der Waals surface area contributed by atoms with Gasteiger partial charge in [-0.15, -0.1) is 0 Å². The number of amides is 2. The fraction of sp³-hybridized carbons (Fsp3) is 0.500. The lowest BCUT2D eigenvalue weighted by atomic mass is 10.0. The van der Waals surface area contributed by atoms with E-state index in [9.17, 15) is 9.59 Å². The SMILES string of the molecule is Cc1cccc(C)c1NC(=O)CNC(=O)C1CCCCN1. The maximum absolute atomic E-state index is 12.0. The number of benzene rings is 1. The molecule has 21 heavy (non-hydrogen) atoms. The Morgan fingerprint density at radius 2 is 1.95 bits per heavy atom. The van der Waals surface area contributed by atoms with Gasteiger partial charge in [-0.1, -0.05) is 24.6 Å². The average Bonchev–Trinajstić information content (AvgIpc) is 2.49. The first-order chi connectivity index (χ1) is 10.1. The number of rotatable bonds is 4. The van der Waals surface area contributed by atoms with Crippen LogP contribution in [0.15, 0.2) is 18.2 Å². The predicted molar refractivity (Wildman–Crippen MR) is 83.2 cm³/mol. The van der Waals surface area contributed by atoms with Crippen molar-refractivity contribution in [1.82, 2.24) is 10.6 Å². The van der Waals surface area contributed by atoms with Gasteiger partial charge in [-0.05, 0) is 44.4 Å². The molecule has 1 saturated heterocycles. The second-order valence-corrected chi connectivity index (χ2v) is 5.54. The second kappa shape index (κ2) is 7.22. The van der Waals surface area contributed by atoms with Gasteiger partial charge in [0, 0.05) is 5.69 Å². The minimum absolute atomic E-state index is 0.00475. The molecular formula is C16H23N3O2. The molecule has 0 spiro atoms. The first-order valence-corrected chi connectivity index (χ1v) is 7.45. The van der Waals surface area contributed by atoms with Crippen molar-refractivity contribution in [2.24, 2.45) is 0 Å². The molecule has 0 aliphatic carbocycles. The van der Waals surface area contributed by atoms with Crippen LogP contribution in [0.5, 0.6) is 0 Å². The summed E-state index contributed by atoms with van der Waals surface area (Å²) in [5.41, 5.74) is 2.86. The van der Waals surface area contributed by atoms with Crippen molar-refractivity contribution in [3.05, 3.63) is 29.3 Å². The summed E-state index contributed by atoms with van der Waals surface area (Å²) in [6, 6.07) is 5.70. The molecule has 3 N–H and O–H groups in total. The highest BCUT2D eigenvalue weighted by molar-refractivity contribution is 5.96. The normalized spacial score (nSPS) is 18.1. The first kappa shape index (κ1) is 15.5. The molecule has 1 unspecified atom stereocenters. The van der Waals surface area contributed by atoms with E-state index in [1.165, 1.54) is 0 Å². The van der Waals surface area contributed by atoms with Gasteiger partial charge in [0.1, 0.15) is 0 Å². The highest BCUT2D eigenvalue weighted by atomic mass is 16.2. The van der Waals surface area contributed by atoms with Gasteiger partial charge in [0.25, 0.3) is 0 Å². The van der Waals surface area contributed by atoms with Crippen LogP contribution in [0.3, 0.4) is 0 Å². The largest absolute Gasteiger partial charge is 0.346 e. The lowest BCUT2D eigenvalue weighted by molar-refractivity contribution is -0.126. The van der Waals surface area contributed by atoms with E-state index in [-0.39, 0.29) is 24.4 Å². The van der Waals surface area contributed by atoms with Crippen LogP contribution in [0.1, 0.15) is 30.4 Å². The number of nitrogens with one attached hydrogen (secondary N) is 3. The number of para-hydroxylation sites is 1. The standard InChI is InChI=1S/C16H23N3O2/c1-11-6-5-7-12(2)15(11)19-14(20)10-18-16(21)13-8-3-4-9-17-13/h5-7,13,17H,3-4,8-10H2,1-2H3,(H,18,21)(H,19,20). The number of piperidine rings is 1. The number of carbonyl (C=O) groups excluding carboxylic acids is 2. The molecule has 0 saturated carbocycles. The summed E-state index contributed by atoms with van der Waals surface area (Å²) in [5, 5.41) is 8.73. The van der Waals surface area contributed by atoms with Gasteiger partial charge in [0.15, 0.2) is 0 Å². The van der Waals surface area contributed by atoms with Crippen LogP contribution in [0.2, 0.25) is 0 Å². The number of hydrogen-bond acceptors (Lipinski definition) is 3. The van der Waals surface area contributed by atoms with Crippen LogP contribution >= 0.6 is 0 Å². The maximum Gasteiger partial charge on any atom is 0.243 e. The predicted octanol–water partition coefficient (Wildman–Crippen LogP) is 1.50. The number of carbonyl (C=O) groups is 2. The fourth-order valence-electron chi connectivity index (χ4n) is 2.56. The van der Waals surface area contributed by atoms with E-state index in [4.69, 9.17) is 0 Å². The molecule has 1 aromatic rings. The summed E-state index contributed by atoms with van der Waals surface area (Å²) in [5.74, 6) is -0.289. The van der Waals surface area contributed by atoms with Crippen molar-refractivity contribution < 1.29 is 9.59 Å². The van der Waals surface area contributed by atoms with Crippen LogP contribution < -0.4 is 16.0 Å². The molecule has 1 fully saturated rings. The van der Waals surface area contributed by atoms with E-state index in [0.29, 0.717) is 0 Å². The number of hydrogen-bond donors (Lipinski definition) is 3. The third kappa shape index (κ3) is 4.29. The van der Waals surface area contributed by atoms with Crippen molar-refractivity contribution in [3.63, 3.8) is 0 Å².